The highest BCUT2D eigenvalue weighted by Gasteiger charge is 2.25. The minimum Gasteiger partial charge on any atom is -0.494 e. The monoisotopic (exact) mass is 276 g/mol. The standard InChI is InChI=1S/C16H24N2O2/c1-3-16(13-17,18-4-2)10-5-11-20-15-8-6-14(12-19)7-9-15/h6-9,18-19H,3-5,10-12H2,1-2H3. The smallest absolute Gasteiger partial charge is 0.119 e. The molecule has 1 unspecified atom stereocenters. The van der Waals surface area contributed by atoms with Crippen LogP contribution in [0.15, 0.2) is 24.3 Å². The summed E-state index contributed by atoms with van der Waals surface area (Å²) >= 11 is 0. The minimum atomic E-state index is -0.432. The molecule has 0 spiro atoms. The van der Waals surface area contributed by atoms with E-state index in [2.05, 4.69) is 11.4 Å². The van der Waals surface area contributed by atoms with E-state index in [-0.39, 0.29) is 6.61 Å². The van der Waals surface area contributed by atoms with Gasteiger partial charge in [0.1, 0.15) is 11.3 Å². The molecule has 0 aromatic heterocycles. The maximum atomic E-state index is 9.30. The van der Waals surface area contributed by atoms with E-state index in [0.29, 0.717) is 6.61 Å². The summed E-state index contributed by atoms with van der Waals surface area (Å²) in [5.74, 6) is 0.796. The van der Waals surface area contributed by atoms with Gasteiger partial charge in [-0.3, -0.25) is 5.32 Å². The summed E-state index contributed by atoms with van der Waals surface area (Å²) in [5.41, 5.74) is 0.442. The van der Waals surface area contributed by atoms with E-state index in [1.54, 1.807) is 0 Å². The zero-order valence-electron chi connectivity index (χ0n) is 12.4. The van der Waals surface area contributed by atoms with Crippen molar-refractivity contribution in [2.24, 2.45) is 0 Å². The van der Waals surface area contributed by atoms with Crippen LogP contribution in [-0.4, -0.2) is 23.8 Å². The maximum Gasteiger partial charge on any atom is 0.119 e. The highest BCUT2D eigenvalue weighted by atomic mass is 16.5. The molecule has 0 fully saturated rings. The van der Waals surface area contributed by atoms with Crippen molar-refractivity contribution < 1.29 is 9.84 Å². The molecule has 0 heterocycles. The van der Waals surface area contributed by atoms with Gasteiger partial charge in [0, 0.05) is 0 Å². The topological polar surface area (TPSA) is 65.3 Å². The van der Waals surface area contributed by atoms with Crippen LogP contribution in [0.3, 0.4) is 0 Å². The molecular weight excluding hydrogens is 252 g/mol. The van der Waals surface area contributed by atoms with Crippen LogP contribution in [0.1, 0.15) is 38.7 Å². The number of nitriles is 1. The molecule has 0 aliphatic carbocycles. The average Bonchev–Trinajstić information content (AvgIpc) is 2.51. The van der Waals surface area contributed by atoms with Crippen LogP contribution in [0.25, 0.3) is 0 Å². The number of benzene rings is 1. The van der Waals surface area contributed by atoms with Crippen molar-refractivity contribution >= 4 is 0 Å². The van der Waals surface area contributed by atoms with E-state index in [1.165, 1.54) is 0 Å². The Bertz CT molecular complexity index is 425. The third-order valence-electron chi connectivity index (χ3n) is 3.46. The number of ether oxygens (including phenoxy) is 1. The fourth-order valence-electron chi connectivity index (χ4n) is 2.16. The molecule has 1 atom stereocenters. The van der Waals surface area contributed by atoms with Gasteiger partial charge in [0.2, 0.25) is 0 Å². The fraction of sp³-hybridized carbons (Fsp3) is 0.562. The second-order valence-electron chi connectivity index (χ2n) is 4.83. The largest absolute Gasteiger partial charge is 0.494 e. The van der Waals surface area contributed by atoms with Gasteiger partial charge in [0.15, 0.2) is 0 Å². The average molecular weight is 276 g/mol. The van der Waals surface area contributed by atoms with E-state index in [1.807, 2.05) is 38.1 Å². The molecule has 0 saturated carbocycles. The molecule has 0 radical (unpaired) electrons. The third kappa shape index (κ3) is 4.84. The van der Waals surface area contributed by atoms with Gasteiger partial charge in [-0.2, -0.15) is 5.26 Å². The molecule has 0 bridgehead atoms. The van der Waals surface area contributed by atoms with Crippen molar-refractivity contribution in [2.75, 3.05) is 13.2 Å². The van der Waals surface area contributed by atoms with Crippen LogP contribution >= 0.6 is 0 Å². The van der Waals surface area contributed by atoms with Gasteiger partial charge in [0.25, 0.3) is 0 Å². The predicted octanol–water partition coefficient (Wildman–Crippen LogP) is 2.62. The second kappa shape index (κ2) is 8.57. The van der Waals surface area contributed by atoms with Crippen LogP contribution in [0, 0.1) is 11.3 Å². The van der Waals surface area contributed by atoms with Crippen LogP contribution < -0.4 is 10.1 Å². The quantitative estimate of drug-likeness (QED) is 0.680. The molecule has 110 valence electrons. The first-order valence-electron chi connectivity index (χ1n) is 7.18. The lowest BCUT2D eigenvalue weighted by Crippen LogP contribution is -2.43. The molecule has 1 aromatic carbocycles. The number of hydrogen-bond donors (Lipinski definition) is 2. The number of rotatable bonds is 9. The van der Waals surface area contributed by atoms with E-state index in [4.69, 9.17) is 9.84 Å². The third-order valence-corrected chi connectivity index (χ3v) is 3.46. The summed E-state index contributed by atoms with van der Waals surface area (Å²) in [6, 6.07) is 9.79. The Kier molecular flexibility index (Phi) is 7.06. The Labute approximate surface area is 121 Å². The predicted molar refractivity (Wildman–Crippen MR) is 79.4 cm³/mol. The lowest BCUT2D eigenvalue weighted by atomic mass is 9.92. The number of hydrogen-bond acceptors (Lipinski definition) is 4. The summed E-state index contributed by atoms with van der Waals surface area (Å²) in [6.45, 7) is 5.48. The molecule has 1 rings (SSSR count). The lowest BCUT2D eigenvalue weighted by molar-refractivity contribution is 0.275. The van der Waals surface area contributed by atoms with Crippen molar-refractivity contribution in [3.05, 3.63) is 29.8 Å². The summed E-state index contributed by atoms with van der Waals surface area (Å²) in [4.78, 5) is 0. The van der Waals surface area contributed by atoms with Crippen LogP contribution in [-0.2, 0) is 6.61 Å². The molecular formula is C16H24N2O2. The van der Waals surface area contributed by atoms with Gasteiger partial charge in [-0.25, -0.2) is 0 Å². The maximum absolute atomic E-state index is 9.30. The molecule has 0 aliphatic rings. The summed E-state index contributed by atoms with van der Waals surface area (Å²) in [5, 5.41) is 21.5. The summed E-state index contributed by atoms with van der Waals surface area (Å²) in [6.07, 6.45) is 2.40. The van der Waals surface area contributed by atoms with E-state index >= 15 is 0 Å². The molecule has 4 nitrogen and oxygen atoms in total. The summed E-state index contributed by atoms with van der Waals surface area (Å²) < 4.78 is 5.65. The Morgan fingerprint density at radius 2 is 2.00 bits per heavy atom. The normalized spacial score (nSPS) is 13.5. The first-order valence-corrected chi connectivity index (χ1v) is 7.18. The van der Waals surface area contributed by atoms with Crippen LogP contribution in [0.2, 0.25) is 0 Å². The van der Waals surface area contributed by atoms with Crippen molar-refractivity contribution in [1.29, 1.82) is 5.26 Å². The van der Waals surface area contributed by atoms with Gasteiger partial charge in [-0.1, -0.05) is 26.0 Å². The number of aliphatic hydroxyl groups is 1. The van der Waals surface area contributed by atoms with Crippen molar-refractivity contribution in [3.63, 3.8) is 0 Å². The Morgan fingerprint density at radius 1 is 1.30 bits per heavy atom. The Balaban J connectivity index is 2.38. The van der Waals surface area contributed by atoms with Gasteiger partial charge in [-0.05, 0) is 43.5 Å². The highest BCUT2D eigenvalue weighted by Crippen LogP contribution is 2.18. The fourth-order valence-corrected chi connectivity index (χ4v) is 2.16. The van der Waals surface area contributed by atoms with Crippen LogP contribution in [0.5, 0.6) is 5.75 Å². The summed E-state index contributed by atoms with van der Waals surface area (Å²) in [7, 11) is 0. The molecule has 2 N–H and O–H groups in total. The molecule has 4 heteroatoms. The zero-order chi connectivity index (χ0) is 14.8. The van der Waals surface area contributed by atoms with Gasteiger partial charge >= 0.3 is 0 Å². The SMILES string of the molecule is CCNC(C#N)(CC)CCCOc1ccc(CO)cc1. The molecule has 0 saturated heterocycles. The van der Waals surface area contributed by atoms with Crippen molar-refractivity contribution in [3.8, 4) is 11.8 Å². The Hall–Kier alpha value is -1.57. The van der Waals surface area contributed by atoms with Crippen molar-refractivity contribution in [2.45, 2.75) is 45.3 Å². The molecule has 1 aromatic rings. The molecule has 20 heavy (non-hydrogen) atoms. The number of aliphatic hydroxyl groups excluding tert-OH is 1. The Morgan fingerprint density at radius 3 is 2.50 bits per heavy atom. The van der Waals surface area contributed by atoms with E-state index in [9.17, 15) is 5.26 Å². The van der Waals surface area contributed by atoms with Gasteiger partial charge in [0.05, 0.1) is 19.3 Å². The van der Waals surface area contributed by atoms with Crippen LogP contribution in [0.4, 0.5) is 0 Å². The number of nitrogens with one attached hydrogen (secondary N) is 1. The highest BCUT2D eigenvalue weighted by molar-refractivity contribution is 5.26. The van der Waals surface area contributed by atoms with E-state index < -0.39 is 5.54 Å². The second-order valence-corrected chi connectivity index (χ2v) is 4.83. The first kappa shape index (κ1) is 16.5. The van der Waals surface area contributed by atoms with E-state index in [0.717, 1.165) is 37.1 Å². The molecule has 0 aliphatic heterocycles. The van der Waals surface area contributed by atoms with Gasteiger partial charge < -0.3 is 9.84 Å². The van der Waals surface area contributed by atoms with Gasteiger partial charge in [-0.15, -0.1) is 0 Å². The minimum absolute atomic E-state index is 0.0458. The number of nitrogens with zero attached hydrogens (tertiary/aromatic N) is 1. The molecule has 0 amide bonds. The lowest BCUT2D eigenvalue weighted by Gasteiger charge is -2.25. The van der Waals surface area contributed by atoms with Crippen molar-refractivity contribution in [1.82, 2.24) is 5.32 Å². The zero-order valence-corrected chi connectivity index (χ0v) is 12.4. The first-order chi connectivity index (χ1) is 9.69.